The van der Waals surface area contributed by atoms with Crippen molar-refractivity contribution >= 4 is 0 Å². The van der Waals surface area contributed by atoms with Crippen LogP contribution in [-0.2, 0) is 28.7 Å². The van der Waals surface area contributed by atoms with Gasteiger partial charge in [-0.25, -0.2) is 0 Å². The number of alkyl halides is 3. The Morgan fingerprint density at radius 2 is 1.86 bits per heavy atom. The fourth-order valence-electron chi connectivity index (χ4n) is 5.55. The van der Waals surface area contributed by atoms with Crippen LogP contribution in [0.3, 0.4) is 0 Å². The van der Waals surface area contributed by atoms with Crippen LogP contribution in [0.5, 0.6) is 0 Å². The van der Waals surface area contributed by atoms with Crippen LogP contribution in [0.1, 0.15) is 130 Å². The molecule has 238 valence electrons. The largest absolute Gasteiger partial charge is 0.516 e. The third-order valence-corrected chi connectivity index (χ3v) is 8.01. The van der Waals surface area contributed by atoms with Crippen molar-refractivity contribution in [3.8, 4) is 6.07 Å². The summed E-state index contributed by atoms with van der Waals surface area (Å²) in [5, 5.41) is 27.8. The molecule has 9 heteroatoms. The molecular weight excluding hydrogens is 557 g/mol. The van der Waals surface area contributed by atoms with Gasteiger partial charge in [0, 0.05) is 36.5 Å². The number of nitriles is 1. The first-order valence-electron chi connectivity index (χ1n) is 14.9. The molecule has 0 saturated carbocycles. The molecule has 43 heavy (non-hydrogen) atoms. The van der Waals surface area contributed by atoms with Crippen molar-refractivity contribution in [1.82, 2.24) is 4.98 Å². The van der Waals surface area contributed by atoms with Crippen LogP contribution in [0.2, 0.25) is 0 Å². The number of aliphatic hydroxyl groups excluding tert-OH is 2. The maximum absolute atomic E-state index is 13.4. The molecule has 0 bridgehead atoms. The summed E-state index contributed by atoms with van der Waals surface area (Å²) in [4.78, 5) is 5.09. The number of hydrogen-bond donors (Lipinski definition) is 2. The van der Waals surface area contributed by atoms with E-state index in [0.29, 0.717) is 18.6 Å². The zero-order valence-electron chi connectivity index (χ0n) is 26.5. The number of ether oxygens (including phenoxy) is 2. The molecule has 1 aromatic heterocycles. The lowest BCUT2D eigenvalue weighted by Crippen LogP contribution is -2.29. The van der Waals surface area contributed by atoms with Crippen molar-refractivity contribution in [3.05, 3.63) is 75.8 Å². The van der Waals surface area contributed by atoms with Crippen molar-refractivity contribution < 1.29 is 32.9 Å². The van der Waals surface area contributed by atoms with Crippen molar-refractivity contribution in [2.45, 2.75) is 105 Å². The Morgan fingerprint density at radius 1 is 1.23 bits per heavy atom. The third kappa shape index (κ3) is 9.04. The van der Waals surface area contributed by atoms with Crippen LogP contribution in [-0.4, -0.2) is 28.9 Å². The van der Waals surface area contributed by atoms with Crippen molar-refractivity contribution in [1.29, 1.82) is 5.26 Å². The standard InChI is InChI=1S/C27H31F3N2O3.C5H12.C2H4O/c1-5-15(8-9-34-4)24-23-18(22-20(32-24)11-26(2,3)12-21(22)33)14-35-25(23)16-6-7-19(27(28,29)30)17(10-16)13-31;1-4-5(2)3;1-2-3/h6-7,10,15,21,25,33H,5,8-9,11-12,14H2,1-4H3;5H,4H2,1-3H3;2-3H,1H2. The van der Waals surface area contributed by atoms with Crippen LogP contribution < -0.4 is 0 Å². The van der Waals surface area contributed by atoms with Crippen molar-refractivity contribution in [2.24, 2.45) is 11.3 Å². The quantitative estimate of drug-likeness (QED) is 0.307. The van der Waals surface area contributed by atoms with Gasteiger partial charge in [0.1, 0.15) is 6.10 Å². The average molecular weight is 605 g/mol. The molecule has 0 fully saturated rings. The maximum atomic E-state index is 13.4. The van der Waals surface area contributed by atoms with E-state index in [2.05, 4.69) is 48.1 Å². The van der Waals surface area contributed by atoms with Gasteiger partial charge in [-0.15, -0.1) is 0 Å². The Balaban J connectivity index is 0.000000719. The highest BCUT2D eigenvalue weighted by molar-refractivity contribution is 5.52. The minimum atomic E-state index is -4.62. The van der Waals surface area contributed by atoms with Gasteiger partial charge in [0.05, 0.1) is 41.9 Å². The minimum absolute atomic E-state index is 0.0604. The van der Waals surface area contributed by atoms with Gasteiger partial charge < -0.3 is 19.7 Å². The first-order valence-corrected chi connectivity index (χ1v) is 14.9. The number of nitrogens with zero attached hydrogens (tertiary/aromatic N) is 2. The molecule has 0 saturated heterocycles. The van der Waals surface area contributed by atoms with Crippen molar-refractivity contribution in [2.75, 3.05) is 13.7 Å². The number of benzene rings is 1. The summed E-state index contributed by atoms with van der Waals surface area (Å²) in [5.74, 6) is 0.945. The summed E-state index contributed by atoms with van der Waals surface area (Å²) in [6, 6.07) is 5.27. The Kier molecular flexibility index (Phi) is 13.2. The van der Waals surface area contributed by atoms with E-state index in [1.807, 2.05) is 0 Å². The molecule has 4 rings (SSSR count). The zero-order valence-corrected chi connectivity index (χ0v) is 26.5. The maximum Gasteiger partial charge on any atom is 0.417 e. The van der Waals surface area contributed by atoms with Crippen molar-refractivity contribution in [3.63, 3.8) is 0 Å². The third-order valence-electron chi connectivity index (χ3n) is 8.01. The topological polar surface area (TPSA) is 95.6 Å². The van der Waals surface area contributed by atoms with E-state index in [-0.39, 0.29) is 17.9 Å². The molecule has 3 unspecified atom stereocenters. The highest BCUT2D eigenvalue weighted by atomic mass is 19.4. The average Bonchev–Trinajstić information content (AvgIpc) is 3.37. The minimum Gasteiger partial charge on any atom is -0.516 e. The lowest BCUT2D eigenvalue weighted by Gasteiger charge is -2.36. The van der Waals surface area contributed by atoms with Gasteiger partial charge in [-0.3, -0.25) is 4.98 Å². The number of pyridine rings is 1. The Hall–Kier alpha value is -2.93. The molecule has 1 aliphatic carbocycles. The predicted octanol–water partition coefficient (Wildman–Crippen LogP) is 8.87. The number of aromatic nitrogens is 1. The molecule has 2 aromatic rings. The number of fused-ring (bicyclic) bond motifs is 3. The van der Waals surface area contributed by atoms with Crippen LogP contribution in [0.15, 0.2) is 31.0 Å². The highest BCUT2D eigenvalue weighted by Crippen LogP contribution is 2.49. The lowest BCUT2D eigenvalue weighted by atomic mass is 9.72. The molecule has 0 amide bonds. The normalized spacial score (nSPS) is 19.1. The molecule has 0 spiro atoms. The van der Waals surface area contributed by atoms with E-state index in [1.54, 1.807) is 13.2 Å². The lowest BCUT2D eigenvalue weighted by molar-refractivity contribution is -0.137. The number of aliphatic hydroxyl groups is 2. The van der Waals surface area contributed by atoms with Crippen LogP contribution in [0.4, 0.5) is 13.2 Å². The van der Waals surface area contributed by atoms with E-state index in [9.17, 15) is 23.5 Å². The van der Waals surface area contributed by atoms with E-state index in [0.717, 1.165) is 65.6 Å². The van der Waals surface area contributed by atoms with Gasteiger partial charge in [-0.05, 0) is 60.3 Å². The molecule has 6 nitrogen and oxygen atoms in total. The smallest absolute Gasteiger partial charge is 0.417 e. The number of halogens is 3. The molecule has 1 aromatic carbocycles. The SMILES string of the molecule is C=CO.CCC(C)C.CCC(CCOC)c1nc2c(c3c1C(c1ccc(C(F)(F)F)c(C#N)c1)OC3)C(O)CC(C)(C)C2. The van der Waals surface area contributed by atoms with Gasteiger partial charge in [-0.1, -0.05) is 60.6 Å². The monoisotopic (exact) mass is 604 g/mol. The summed E-state index contributed by atoms with van der Waals surface area (Å²) in [6.45, 7) is 16.6. The zero-order chi connectivity index (χ0) is 32.5. The Bertz CT molecular complexity index is 1270. The second kappa shape index (κ2) is 15.7. The molecular formula is C34H47F3N2O4. The van der Waals surface area contributed by atoms with E-state index in [4.69, 9.17) is 19.6 Å². The van der Waals surface area contributed by atoms with E-state index in [1.165, 1.54) is 18.6 Å². The molecule has 0 radical (unpaired) electrons. The van der Waals surface area contributed by atoms with E-state index >= 15 is 0 Å². The first kappa shape index (κ1) is 36.3. The van der Waals surface area contributed by atoms with Gasteiger partial charge in [0.15, 0.2) is 0 Å². The highest BCUT2D eigenvalue weighted by Gasteiger charge is 2.41. The first-order chi connectivity index (χ1) is 20.2. The molecule has 3 atom stereocenters. The fourth-order valence-corrected chi connectivity index (χ4v) is 5.55. The Morgan fingerprint density at radius 3 is 2.37 bits per heavy atom. The number of rotatable bonds is 7. The summed E-state index contributed by atoms with van der Waals surface area (Å²) in [7, 11) is 1.65. The fraction of sp³-hybridized carbons (Fsp3) is 0.588. The number of methoxy groups -OCH3 is 1. The summed E-state index contributed by atoms with van der Waals surface area (Å²) >= 11 is 0. The van der Waals surface area contributed by atoms with Gasteiger partial charge in [0.25, 0.3) is 0 Å². The Labute approximate surface area is 254 Å². The summed E-state index contributed by atoms with van der Waals surface area (Å²) in [6.07, 6.45) is -1.05. The molecule has 2 heterocycles. The van der Waals surface area contributed by atoms with Crippen LogP contribution >= 0.6 is 0 Å². The van der Waals surface area contributed by atoms with Gasteiger partial charge in [0.2, 0.25) is 0 Å². The predicted molar refractivity (Wildman–Crippen MR) is 162 cm³/mol. The summed E-state index contributed by atoms with van der Waals surface area (Å²) < 4.78 is 51.6. The second-order valence-electron chi connectivity index (χ2n) is 12.3. The van der Waals surface area contributed by atoms with Crippen LogP contribution in [0, 0.1) is 22.7 Å². The summed E-state index contributed by atoms with van der Waals surface area (Å²) in [5.41, 5.74) is 3.18. The number of hydrogen-bond acceptors (Lipinski definition) is 6. The molecule has 2 aliphatic rings. The van der Waals surface area contributed by atoms with E-state index < -0.39 is 29.5 Å². The van der Waals surface area contributed by atoms with Gasteiger partial charge >= 0.3 is 6.18 Å². The molecule has 1 aliphatic heterocycles. The van der Waals surface area contributed by atoms with Crippen LogP contribution in [0.25, 0.3) is 0 Å². The molecule has 2 N–H and O–H groups in total. The van der Waals surface area contributed by atoms with Gasteiger partial charge in [-0.2, -0.15) is 18.4 Å². The second-order valence-corrected chi connectivity index (χ2v) is 12.3.